The minimum atomic E-state index is -0.445. The Morgan fingerprint density at radius 2 is 1.70 bits per heavy atom. The summed E-state index contributed by atoms with van der Waals surface area (Å²) in [7, 11) is 0. The average Bonchev–Trinajstić information content (AvgIpc) is 2.43. The molecule has 0 saturated heterocycles. The lowest BCUT2D eigenvalue weighted by atomic mass is 10.2. The van der Waals surface area contributed by atoms with Gasteiger partial charge in [-0.15, -0.1) is 0 Å². The number of nitrogen functional groups attached to an aromatic ring is 2. The van der Waals surface area contributed by atoms with Crippen molar-refractivity contribution in [2.24, 2.45) is 0 Å². The first-order chi connectivity index (χ1) is 9.63. The SMILES string of the molecule is Nc1cc(N)cc(SOC(=O)/C=C/c2ccccc2)c1. The Balaban J connectivity index is 1.91. The van der Waals surface area contributed by atoms with Crippen molar-refractivity contribution in [1.29, 1.82) is 0 Å². The van der Waals surface area contributed by atoms with Crippen molar-refractivity contribution >= 4 is 35.5 Å². The van der Waals surface area contributed by atoms with Crippen LogP contribution in [-0.4, -0.2) is 5.97 Å². The predicted molar refractivity (Wildman–Crippen MR) is 82.7 cm³/mol. The molecule has 5 heteroatoms. The first kappa shape index (κ1) is 14.0. The molecular formula is C15H14N2O2S. The summed E-state index contributed by atoms with van der Waals surface area (Å²) in [5.41, 5.74) is 13.3. The average molecular weight is 286 g/mol. The molecule has 4 N–H and O–H groups in total. The van der Waals surface area contributed by atoms with Crippen molar-refractivity contribution in [2.45, 2.75) is 4.90 Å². The van der Waals surface area contributed by atoms with Gasteiger partial charge < -0.3 is 15.7 Å². The van der Waals surface area contributed by atoms with Gasteiger partial charge in [0.2, 0.25) is 0 Å². The molecule has 0 bridgehead atoms. The third kappa shape index (κ3) is 4.37. The van der Waals surface area contributed by atoms with E-state index < -0.39 is 5.97 Å². The molecule has 0 amide bonds. The van der Waals surface area contributed by atoms with Crippen molar-refractivity contribution in [3.63, 3.8) is 0 Å². The van der Waals surface area contributed by atoms with Crippen LogP contribution in [0.4, 0.5) is 11.4 Å². The summed E-state index contributed by atoms with van der Waals surface area (Å²) in [4.78, 5) is 12.3. The molecule has 0 aliphatic rings. The topological polar surface area (TPSA) is 78.3 Å². The van der Waals surface area contributed by atoms with Crippen LogP contribution in [0.2, 0.25) is 0 Å². The van der Waals surface area contributed by atoms with Crippen molar-refractivity contribution in [3.05, 3.63) is 60.2 Å². The number of hydrogen-bond donors (Lipinski definition) is 2. The Morgan fingerprint density at radius 1 is 1.05 bits per heavy atom. The zero-order valence-electron chi connectivity index (χ0n) is 10.7. The van der Waals surface area contributed by atoms with Crippen LogP contribution in [-0.2, 0) is 8.98 Å². The van der Waals surface area contributed by atoms with Crippen LogP contribution < -0.4 is 11.5 Å². The van der Waals surface area contributed by atoms with Gasteiger partial charge in [-0.05, 0) is 29.8 Å². The van der Waals surface area contributed by atoms with Crippen LogP contribution in [0.5, 0.6) is 0 Å². The van der Waals surface area contributed by atoms with E-state index in [2.05, 4.69) is 0 Å². The maximum atomic E-state index is 11.6. The second kappa shape index (κ2) is 6.68. The highest BCUT2D eigenvalue weighted by molar-refractivity contribution is 7.95. The van der Waals surface area contributed by atoms with E-state index in [1.807, 2.05) is 30.3 Å². The van der Waals surface area contributed by atoms with Crippen molar-refractivity contribution < 1.29 is 8.98 Å². The van der Waals surface area contributed by atoms with Gasteiger partial charge in [-0.25, -0.2) is 4.79 Å². The second-order valence-corrected chi connectivity index (χ2v) is 4.87. The lowest BCUT2D eigenvalue weighted by molar-refractivity contribution is -0.127. The zero-order valence-corrected chi connectivity index (χ0v) is 11.5. The Morgan fingerprint density at radius 3 is 2.35 bits per heavy atom. The number of carbonyl (C=O) groups excluding carboxylic acids is 1. The number of benzene rings is 2. The van der Waals surface area contributed by atoms with Gasteiger partial charge >= 0.3 is 5.97 Å². The summed E-state index contributed by atoms with van der Waals surface area (Å²) in [5, 5.41) is 0. The Bertz CT molecular complexity index is 607. The largest absolute Gasteiger partial charge is 0.399 e. The Hall–Kier alpha value is -2.40. The normalized spacial score (nSPS) is 10.6. The van der Waals surface area contributed by atoms with E-state index in [0.717, 1.165) is 17.6 Å². The molecule has 0 spiro atoms. The zero-order chi connectivity index (χ0) is 14.4. The quantitative estimate of drug-likeness (QED) is 0.513. The van der Waals surface area contributed by atoms with Crippen LogP contribution in [0, 0.1) is 0 Å². The van der Waals surface area contributed by atoms with E-state index >= 15 is 0 Å². The maximum Gasteiger partial charge on any atom is 0.343 e. The van der Waals surface area contributed by atoms with Crippen LogP contribution in [0.3, 0.4) is 0 Å². The molecule has 0 atom stereocenters. The maximum absolute atomic E-state index is 11.6. The molecule has 0 aliphatic carbocycles. The Labute approximate surface area is 121 Å². The third-order valence-corrected chi connectivity index (χ3v) is 3.06. The molecule has 102 valence electrons. The first-order valence-corrected chi connectivity index (χ1v) is 6.65. The molecule has 20 heavy (non-hydrogen) atoms. The summed E-state index contributed by atoms with van der Waals surface area (Å²) in [5.74, 6) is -0.445. The van der Waals surface area contributed by atoms with Crippen molar-refractivity contribution in [3.8, 4) is 0 Å². The van der Waals surface area contributed by atoms with E-state index in [4.69, 9.17) is 15.7 Å². The van der Waals surface area contributed by atoms with Gasteiger partial charge in [0.05, 0.1) is 16.9 Å². The lowest BCUT2D eigenvalue weighted by Crippen LogP contribution is -1.94. The molecule has 0 aliphatic heterocycles. The molecule has 0 saturated carbocycles. The fourth-order valence-electron chi connectivity index (χ4n) is 1.54. The molecule has 2 aromatic rings. The van der Waals surface area contributed by atoms with Gasteiger partial charge in [0.15, 0.2) is 0 Å². The molecule has 0 heterocycles. The molecule has 0 radical (unpaired) electrons. The molecule has 0 unspecified atom stereocenters. The monoisotopic (exact) mass is 286 g/mol. The molecule has 0 aromatic heterocycles. The Kier molecular flexibility index (Phi) is 4.68. The molecule has 0 fully saturated rings. The number of nitrogens with two attached hydrogens (primary N) is 2. The summed E-state index contributed by atoms with van der Waals surface area (Å²) >= 11 is 0.931. The van der Waals surface area contributed by atoms with Crippen LogP contribution in [0.1, 0.15) is 5.56 Å². The van der Waals surface area contributed by atoms with Gasteiger partial charge in [0.1, 0.15) is 0 Å². The standard InChI is InChI=1S/C15H14N2O2S/c16-12-8-13(17)10-14(9-12)20-19-15(18)7-6-11-4-2-1-3-5-11/h1-10H,16-17H2/b7-6+. The predicted octanol–water partition coefficient (Wildman–Crippen LogP) is 3.11. The number of rotatable bonds is 4. The smallest absolute Gasteiger partial charge is 0.343 e. The van der Waals surface area contributed by atoms with Gasteiger partial charge in [-0.3, -0.25) is 0 Å². The van der Waals surface area contributed by atoms with Crippen LogP contribution in [0.25, 0.3) is 6.08 Å². The first-order valence-electron chi connectivity index (χ1n) is 5.91. The van der Waals surface area contributed by atoms with Crippen molar-refractivity contribution in [1.82, 2.24) is 0 Å². The van der Waals surface area contributed by atoms with Gasteiger partial charge in [0.25, 0.3) is 0 Å². The number of carbonyl (C=O) groups is 1. The molecule has 4 nitrogen and oxygen atoms in total. The highest BCUT2D eigenvalue weighted by Crippen LogP contribution is 2.24. The fraction of sp³-hybridized carbons (Fsp3) is 0. The third-order valence-electron chi connectivity index (χ3n) is 2.38. The lowest BCUT2D eigenvalue weighted by Gasteiger charge is -2.03. The number of anilines is 2. The summed E-state index contributed by atoms with van der Waals surface area (Å²) < 4.78 is 5.04. The van der Waals surface area contributed by atoms with Crippen LogP contribution >= 0.6 is 12.0 Å². The van der Waals surface area contributed by atoms with Gasteiger partial charge in [0, 0.05) is 17.5 Å². The van der Waals surface area contributed by atoms with Gasteiger partial charge in [-0.1, -0.05) is 30.3 Å². The molecule has 2 aromatic carbocycles. The molecular weight excluding hydrogens is 272 g/mol. The van der Waals surface area contributed by atoms with E-state index in [1.54, 1.807) is 24.3 Å². The van der Waals surface area contributed by atoms with Crippen molar-refractivity contribution in [2.75, 3.05) is 11.5 Å². The highest BCUT2D eigenvalue weighted by atomic mass is 32.2. The van der Waals surface area contributed by atoms with Gasteiger partial charge in [-0.2, -0.15) is 0 Å². The number of hydrogen-bond acceptors (Lipinski definition) is 5. The minimum Gasteiger partial charge on any atom is -0.399 e. The fourth-order valence-corrected chi connectivity index (χ4v) is 2.14. The van der Waals surface area contributed by atoms with Crippen LogP contribution in [0.15, 0.2) is 59.5 Å². The van der Waals surface area contributed by atoms with E-state index in [0.29, 0.717) is 16.3 Å². The van der Waals surface area contributed by atoms with E-state index in [9.17, 15) is 4.79 Å². The summed E-state index contributed by atoms with van der Waals surface area (Å²) in [6.07, 6.45) is 3.06. The summed E-state index contributed by atoms with van der Waals surface area (Å²) in [6, 6.07) is 14.5. The second-order valence-electron chi connectivity index (χ2n) is 4.07. The molecule has 2 rings (SSSR count). The minimum absolute atomic E-state index is 0.445. The summed E-state index contributed by atoms with van der Waals surface area (Å²) in [6.45, 7) is 0. The van der Waals surface area contributed by atoms with E-state index in [-0.39, 0.29) is 0 Å². The van der Waals surface area contributed by atoms with E-state index in [1.165, 1.54) is 6.08 Å². The highest BCUT2D eigenvalue weighted by Gasteiger charge is 2.02.